The van der Waals surface area contributed by atoms with Crippen LogP contribution in [0.15, 0.2) is 18.3 Å². The summed E-state index contributed by atoms with van der Waals surface area (Å²) >= 11 is 5.78. The van der Waals surface area contributed by atoms with E-state index in [9.17, 15) is 4.79 Å². The maximum Gasteiger partial charge on any atom is 0.233 e. The fourth-order valence-electron chi connectivity index (χ4n) is 2.18. The standard InChI is InChI=1S/C13H17ClN2O2/c1-9-11(4-3-7-18-9)13(17)16(2)12-6-5-10(14)8-15-12/h5-6,8-9,11H,3-4,7H2,1-2H3. The maximum atomic E-state index is 12.4. The van der Waals surface area contributed by atoms with Crippen LogP contribution in [0.3, 0.4) is 0 Å². The van der Waals surface area contributed by atoms with Gasteiger partial charge in [-0.25, -0.2) is 4.98 Å². The molecule has 18 heavy (non-hydrogen) atoms. The van der Waals surface area contributed by atoms with Crippen LogP contribution in [-0.2, 0) is 9.53 Å². The van der Waals surface area contributed by atoms with Crippen molar-refractivity contribution in [3.05, 3.63) is 23.4 Å². The fraction of sp³-hybridized carbons (Fsp3) is 0.538. The molecule has 1 aliphatic heterocycles. The lowest BCUT2D eigenvalue weighted by Crippen LogP contribution is -2.41. The summed E-state index contributed by atoms with van der Waals surface area (Å²) in [6.45, 7) is 2.69. The third-order valence-corrected chi connectivity index (χ3v) is 3.53. The minimum Gasteiger partial charge on any atom is -0.378 e. The SMILES string of the molecule is CC1OCCCC1C(=O)N(C)c1ccc(Cl)cn1. The molecule has 0 saturated carbocycles. The Balaban J connectivity index is 2.10. The summed E-state index contributed by atoms with van der Waals surface area (Å²) in [6, 6.07) is 3.48. The second kappa shape index (κ2) is 5.67. The van der Waals surface area contributed by atoms with Gasteiger partial charge in [0, 0.05) is 19.9 Å². The van der Waals surface area contributed by atoms with Crippen LogP contribution in [0.5, 0.6) is 0 Å². The summed E-state index contributed by atoms with van der Waals surface area (Å²) in [6.07, 6.45) is 3.32. The zero-order valence-electron chi connectivity index (χ0n) is 10.6. The van der Waals surface area contributed by atoms with Crippen molar-refractivity contribution in [2.75, 3.05) is 18.6 Å². The van der Waals surface area contributed by atoms with Crippen LogP contribution in [0.4, 0.5) is 5.82 Å². The minimum absolute atomic E-state index is 0.0269. The number of halogens is 1. The highest BCUT2D eigenvalue weighted by atomic mass is 35.5. The summed E-state index contributed by atoms with van der Waals surface area (Å²) in [5.41, 5.74) is 0. The van der Waals surface area contributed by atoms with Gasteiger partial charge in [0.1, 0.15) is 5.82 Å². The van der Waals surface area contributed by atoms with Crippen molar-refractivity contribution in [1.82, 2.24) is 4.98 Å². The van der Waals surface area contributed by atoms with Crippen LogP contribution < -0.4 is 4.90 Å². The summed E-state index contributed by atoms with van der Waals surface area (Å²) in [5, 5.41) is 0.564. The summed E-state index contributed by atoms with van der Waals surface area (Å²) in [4.78, 5) is 18.1. The van der Waals surface area contributed by atoms with E-state index in [4.69, 9.17) is 16.3 Å². The molecule has 98 valence electrons. The molecular weight excluding hydrogens is 252 g/mol. The third kappa shape index (κ3) is 2.82. The Morgan fingerprint density at radius 1 is 1.56 bits per heavy atom. The molecule has 2 rings (SSSR count). The number of hydrogen-bond acceptors (Lipinski definition) is 3. The number of carbonyl (C=O) groups excluding carboxylic acids is 1. The first kappa shape index (κ1) is 13.3. The topological polar surface area (TPSA) is 42.4 Å². The Morgan fingerprint density at radius 3 is 2.94 bits per heavy atom. The third-order valence-electron chi connectivity index (χ3n) is 3.31. The highest BCUT2D eigenvalue weighted by molar-refractivity contribution is 6.30. The van der Waals surface area contributed by atoms with Crippen LogP contribution in [0.25, 0.3) is 0 Å². The van der Waals surface area contributed by atoms with Crippen LogP contribution in [0.1, 0.15) is 19.8 Å². The van der Waals surface area contributed by atoms with E-state index in [0.717, 1.165) is 19.4 Å². The molecular formula is C13H17ClN2O2. The number of hydrogen-bond donors (Lipinski definition) is 0. The lowest BCUT2D eigenvalue weighted by atomic mass is 9.94. The number of ether oxygens (including phenoxy) is 1. The van der Waals surface area contributed by atoms with E-state index >= 15 is 0 Å². The average molecular weight is 269 g/mol. The fourth-order valence-corrected chi connectivity index (χ4v) is 2.29. The van der Waals surface area contributed by atoms with E-state index in [1.807, 2.05) is 6.92 Å². The second-order valence-electron chi connectivity index (χ2n) is 4.56. The lowest BCUT2D eigenvalue weighted by Gasteiger charge is -2.31. The van der Waals surface area contributed by atoms with E-state index in [1.54, 1.807) is 30.3 Å². The highest BCUT2D eigenvalue weighted by Gasteiger charge is 2.31. The number of rotatable bonds is 2. The minimum atomic E-state index is -0.0822. The van der Waals surface area contributed by atoms with Crippen molar-refractivity contribution in [3.63, 3.8) is 0 Å². The lowest BCUT2D eigenvalue weighted by molar-refractivity contribution is -0.130. The van der Waals surface area contributed by atoms with Crippen LogP contribution >= 0.6 is 11.6 Å². The van der Waals surface area contributed by atoms with E-state index in [1.165, 1.54) is 0 Å². The summed E-state index contributed by atoms with van der Waals surface area (Å²) in [5.74, 6) is 0.584. The molecule has 1 aromatic heterocycles. The van der Waals surface area contributed by atoms with Crippen LogP contribution in [0, 0.1) is 5.92 Å². The number of nitrogens with zero attached hydrogens (tertiary/aromatic N) is 2. The van der Waals surface area contributed by atoms with E-state index in [0.29, 0.717) is 10.8 Å². The number of aromatic nitrogens is 1. The predicted molar refractivity (Wildman–Crippen MR) is 70.8 cm³/mol. The number of carbonyl (C=O) groups is 1. The van der Waals surface area contributed by atoms with Gasteiger partial charge >= 0.3 is 0 Å². The molecule has 1 aliphatic rings. The molecule has 2 unspecified atom stereocenters. The van der Waals surface area contributed by atoms with Crippen molar-refractivity contribution >= 4 is 23.3 Å². The van der Waals surface area contributed by atoms with Gasteiger partial charge in [-0.05, 0) is 31.9 Å². The smallest absolute Gasteiger partial charge is 0.233 e. The molecule has 1 saturated heterocycles. The Bertz CT molecular complexity index is 422. The molecule has 4 nitrogen and oxygen atoms in total. The summed E-state index contributed by atoms with van der Waals surface area (Å²) < 4.78 is 5.53. The second-order valence-corrected chi connectivity index (χ2v) is 4.99. The summed E-state index contributed by atoms with van der Waals surface area (Å²) in [7, 11) is 1.74. The molecule has 0 aromatic carbocycles. The average Bonchev–Trinajstić information content (AvgIpc) is 2.38. The Labute approximate surface area is 112 Å². The van der Waals surface area contributed by atoms with Gasteiger partial charge < -0.3 is 4.74 Å². The van der Waals surface area contributed by atoms with Gasteiger partial charge in [-0.3, -0.25) is 9.69 Å². The quantitative estimate of drug-likeness (QED) is 0.828. The predicted octanol–water partition coefficient (Wildman–Crippen LogP) is 2.51. The van der Waals surface area contributed by atoms with Crippen molar-refractivity contribution in [2.24, 2.45) is 5.92 Å². The van der Waals surface area contributed by atoms with E-state index < -0.39 is 0 Å². The van der Waals surface area contributed by atoms with Crippen molar-refractivity contribution in [2.45, 2.75) is 25.9 Å². The molecule has 5 heteroatoms. The molecule has 1 aromatic rings. The highest BCUT2D eigenvalue weighted by Crippen LogP contribution is 2.24. The Hall–Kier alpha value is -1.13. The van der Waals surface area contributed by atoms with Crippen molar-refractivity contribution in [3.8, 4) is 0 Å². The molecule has 1 fully saturated rings. The van der Waals surface area contributed by atoms with Gasteiger partial charge in [-0.15, -0.1) is 0 Å². The van der Waals surface area contributed by atoms with Gasteiger partial charge in [-0.2, -0.15) is 0 Å². The van der Waals surface area contributed by atoms with Gasteiger partial charge in [0.25, 0.3) is 0 Å². The van der Waals surface area contributed by atoms with Gasteiger partial charge in [0.2, 0.25) is 5.91 Å². The first-order valence-electron chi connectivity index (χ1n) is 6.10. The molecule has 0 radical (unpaired) electrons. The zero-order chi connectivity index (χ0) is 13.1. The van der Waals surface area contributed by atoms with E-state index in [-0.39, 0.29) is 17.9 Å². The molecule has 0 N–H and O–H groups in total. The van der Waals surface area contributed by atoms with Gasteiger partial charge in [0.05, 0.1) is 17.0 Å². The Morgan fingerprint density at radius 2 is 2.33 bits per heavy atom. The van der Waals surface area contributed by atoms with Crippen molar-refractivity contribution < 1.29 is 9.53 Å². The monoisotopic (exact) mass is 268 g/mol. The van der Waals surface area contributed by atoms with Crippen LogP contribution in [0.2, 0.25) is 5.02 Å². The van der Waals surface area contributed by atoms with Crippen molar-refractivity contribution in [1.29, 1.82) is 0 Å². The van der Waals surface area contributed by atoms with E-state index in [2.05, 4.69) is 4.98 Å². The molecule has 1 amide bonds. The van der Waals surface area contributed by atoms with Gasteiger partial charge in [0.15, 0.2) is 0 Å². The van der Waals surface area contributed by atoms with Crippen LogP contribution in [-0.4, -0.2) is 30.6 Å². The molecule has 2 heterocycles. The number of anilines is 1. The number of pyridine rings is 1. The largest absolute Gasteiger partial charge is 0.378 e. The molecule has 2 atom stereocenters. The number of amides is 1. The first-order chi connectivity index (χ1) is 8.59. The molecule has 0 aliphatic carbocycles. The van der Waals surface area contributed by atoms with Gasteiger partial charge in [-0.1, -0.05) is 11.6 Å². The normalized spacial score (nSPS) is 23.7. The molecule has 0 spiro atoms. The molecule has 0 bridgehead atoms. The Kier molecular flexibility index (Phi) is 4.19. The first-order valence-corrected chi connectivity index (χ1v) is 6.48. The maximum absolute atomic E-state index is 12.4. The zero-order valence-corrected chi connectivity index (χ0v) is 11.4.